The molecule has 4 aliphatic rings. The van der Waals surface area contributed by atoms with Crippen LogP contribution in [0.3, 0.4) is 0 Å². The highest BCUT2D eigenvalue weighted by Crippen LogP contribution is 2.67. The molecule has 7 atom stereocenters. The zero-order chi connectivity index (χ0) is 18.9. The Morgan fingerprint density at radius 2 is 1.92 bits per heavy atom. The zero-order valence-corrected chi connectivity index (χ0v) is 16.5. The highest BCUT2D eigenvalue weighted by atomic mass is 16.5. The number of allylic oxidation sites excluding steroid dienone is 1. The van der Waals surface area contributed by atoms with Gasteiger partial charge in [0.2, 0.25) is 0 Å². The highest BCUT2D eigenvalue weighted by molar-refractivity contribution is 5.91. The van der Waals surface area contributed by atoms with Gasteiger partial charge in [-0.2, -0.15) is 0 Å². The summed E-state index contributed by atoms with van der Waals surface area (Å²) in [6.07, 6.45) is 7.74. The summed E-state index contributed by atoms with van der Waals surface area (Å²) >= 11 is 0. The van der Waals surface area contributed by atoms with E-state index >= 15 is 0 Å². The summed E-state index contributed by atoms with van der Waals surface area (Å²) in [6, 6.07) is 0. The number of fused-ring (bicyclic) bond motifs is 5. The number of carbonyl (C=O) groups excluding carboxylic acids is 2. The van der Waals surface area contributed by atoms with Crippen LogP contribution in [-0.2, 0) is 14.3 Å². The Balaban J connectivity index is 1.79. The Labute approximate surface area is 156 Å². The summed E-state index contributed by atoms with van der Waals surface area (Å²) in [7, 11) is 0. The first-order chi connectivity index (χ1) is 12.1. The standard InChI is InChI=1S/C22H32O4/c1-13(23)26-18-12-21(3)17(8-10-22(21,4)25)16-6-5-14-11-15(24)7-9-20(14,2)19(16)18/h11,16-19,25H,5-10,12H2,1-4H3/t16-,17-,18+,19+,20-,21-,22+/m0/s1. The van der Waals surface area contributed by atoms with E-state index in [2.05, 4.69) is 13.8 Å². The molecule has 4 heteroatoms. The predicted octanol–water partition coefficient (Wildman–Crippen LogP) is 3.81. The molecule has 26 heavy (non-hydrogen) atoms. The van der Waals surface area contributed by atoms with E-state index in [4.69, 9.17) is 4.74 Å². The minimum atomic E-state index is -0.708. The van der Waals surface area contributed by atoms with Gasteiger partial charge in [0.25, 0.3) is 0 Å². The van der Waals surface area contributed by atoms with E-state index in [1.54, 1.807) is 0 Å². The van der Waals surface area contributed by atoms with Crippen molar-refractivity contribution in [3.63, 3.8) is 0 Å². The monoisotopic (exact) mass is 360 g/mol. The molecule has 3 fully saturated rings. The van der Waals surface area contributed by atoms with Crippen molar-refractivity contribution >= 4 is 11.8 Å². The van der Waals surface area contributed by atoms with Crippen molar-refractivity contribution in [3.05, 3.63) is 11.6 Å². The van der Waals surface area contributed by atoms with Gasteiger partial charge in [0.1, 0.15) is 6.10 Å². The fourth-order valence-electron chi connectivity index (χ4n) is 7.20. The van der Waals surface area contributed by atoms with Crippen LogP contribution in [0.25, 0.3) is 0 Å². The molecule has 0 aromatic carbocycles. The van der Waals surface area contributed by atoms with Gasteiger partial charge in [-0.25, -0.2) is 0 Å². The van der Waals surface area contributed by atoms with Crippen molar-refractivity contribution in [2.75, 3.05) is 0 Å². The largest absolute Gasteiger partial charge is 0.462 e. The number of rotatable bonds is 1. The molecule has 0 radical (unpaired) electrons. The summed E-state index contributed by atoms with van der Waals surface area (Å²) in [5, 5.41) is 11.1. The van der Waals surface area contributed by atoms with Crippen LogP contribution in [0.4, 0.5) is 0 Å². The Morgan fingerprint density at radius 3 is 2.62 bits per heavy atom. The van der Waals surface area contributed by atoms with Crippen molar-refractivity contribution in [3.8, 4) is 0 Å². The lowest BCUT2D eigenvalue weighted by Gasteiger charge is -2.60. The van der Waals surface area contributed by atoms with E-state index in [-0.39, 0.29) is 34.6 Å². The molecular formula is C22H32O4. The normalized spacial score (nSPS) is 50.3. The van der Waals surface area contributed by atoms with Crippen LogP contribution in [-0.4, -0.2) is 28.6 Å². The average molecular weight is 360 g/mol. The molecule has 0 aromatic heterocycles. The van der Waals surface area contributed by atoms with E-state index in [1.807, 2.05) is 13.0 Å². The lowest BCUT2D eigenvalue weighted by molar-refractivity contribution is -0.189. The number of aliphatic hydroxyl groups is 1. The van der Waals surface area contributed by atoms with Gasteiger partial charge in [-0.05, 0) is 68.8 Å². The first-order valence-corrected chi connectivity index (χ1v) is 10.2. The third kappa shape index (κ3) is 2.37. The molecule has 144 valence electrons. The van der Waals surface area contributed by atoms with Crippen LogP contribution in [0.15, 0.2) is 11.6 Å². The fourth-order valence-corrected chi connectivity index (χ4v) is 7.20. The quantitative estimate of drug-likeness (QED) is 0.722. The molecule has 4 rings (SSSR count). The molecular weight excluding hydrogens is 328 g/mol. The van der Waals surface area contributed by atoms with Crippen LogP contribution in [0.5, 0.6) is 0 Å². The first-order valence-electron chi connectivity index (χ1n) is 10.2. The molecule has 0 aliphatic heterocycles. The second kappa shape index (κ2) is 5.67. The average Bonchev–Trinajstić information content (AvgIpc) is 2.77. The van der Waals surface area contributed by atoms with Crippen molar-refractivity contribution in [2.24, 2.45) is 28.6 Å². The van der Waals surface area contributed by atoms with Crippen LogP contribution >= 0.6 is 0 Å². The minimum Gasteiger partial charge on any atom is -0.462 e. The number of ketones is 1. The zero-order valence-electron chi connectivity index (χ0n) is 16.5. The third-order valence-electron chi connectivity index (χ3n) is 8.75. The summed E-state index contributed by atoms with van der Waals surface area (Å²) in [4.78, 5) is 23.9. The number of ether oxygens (including phenoxy) is 1. The van der Waals surface area contributed by atoms with Crippen molar-refractivity contribution < 1.29 is 19.4 Å². The Bertz CT molecular complexity index is 678. The molecule has 1 N–H and O–H groups in total. The molecule has 0 aromatic rings. The number of carbonyl (C=O) groups is 2. The third-order valence-corrected chi connectivity index (χ3v) is 8.75. The lowest BCUT2D eigenvalue weighted by Crippen LogP contribution is -2.60. The van der Waals surface area contributed by atoms with Crippen LogP contribution in [0.2, 0.25) is 0 Å². The molecule has 0 heterocycles. The Morgan fingerprint density at radius 1 is 1.19 bits per heavy atom. The molecule has 3 saturated carbocycles. The van der Waals surface area contributed by atoms with E-state index in [0.29, 0.717) is 18.3 Å². The molecule has 0 spiro atoms. The smallest absolute Gasteiger partial charge is 0.302 e. The minimum absolute atomic E-state index is 0.0628. The van der Waals surface area contributed by atoms with E-state index in [0.717, 1.165) is 38.5 Å². The fraction of sp³-hybridized carbons (Fsp3) is 0.818. The summed E-state index contributed by atoms with van der Waals surface area (Å²) in [5.74, 6) is 1.17. The SMILES string of the molecule is CC(=O)O[C@@H]1C[C@@]2(C)[C@@H](CC[C@@]2(C)O)[C@@H]2CCC3=CC(=O)CC[C@]3(C)[C@H]21. The van der Waals surface area contributed by atoms with Crippen molar-refractivity contribution in [1.29, 1.82) is 0 Å². The topological polar surface area (TPSA) is 63.6 Å². The molecule has 0 bridgehead atoms. The van der Waals surface area contributed by atoms with Gasteiger partial charge in [-0.15, -0.1) is 0 Å². The molecule has 4 aliphatic carbocycles. The van der Waals surface area contributed by atoms with Gasteiger partial charge in [-0.3, -0.25) is 9.59 Å². The number of esters is 1. The maximum Gasteiger partial charge on any atom is 0.302 e. The Hall–Kier alpha value is -1.16. The second-order valence-corrected chi connectivity index (χ2v) is 9.97. The van der Waals surface area contributed by atoms with Crippen LogP contribution < -0.4 is 0 Å². The van der Waals surface area contributed by atoms with Crippen molar-refractivity contribution in [1.82, 2.24) is 0 Å². The van der Waals surface area contributed by atoms with E-state index < -0.39 is 5.60 Å². The van der Waals surface area contributed by atoms with Gasteiger partial charge in [0.15, 0.2) is 5.78 Å². The van der Waals surface area contributed by atoms with Gasteiger partial charge >= 0.3 is 5.97 Å². The highest BCUT2D eigenvalue weighted by Gasteiger charge is 2.65. The maximum atomic E-state index is 12.0. The van der Waals surface area contributed by atoms with E-state index in [1.165, 1.54) is 12.5 Å². The summed E-state index contributed by atoms with van der Waals surface area (Å²) in [5.41, 5.74) is 0.282. The predicted molar refractivity (Wildman–Crippen MR) is 98.3 cm³/mol. The molecule has 0 amide bonds. The maximum absolute atomic E-state index is 12.0. The summed E-state index contributed by atoms with van der Waals surface area (Å²) < 4.78 is 5.91. The summed E-state index contributed by atoms with van der Waals surface area (Å²) in [6.45, 7) is 7.94. The molecule has 0 saturated heterocycles. The van der Waals surface area contributed by atoms with E-state index in [9.17, 15) is 14.7 Å². The van der Waals surface area contributed by atoms with Gasteiger partial charge in [0.05, 0.1) is 5.60 Å². The Kier molecular flexibility index (Phi) is 3.97. The molecule has 0 unspecified atom stereocenters. The number of hydrogen-bond donors (Lipinski definition) is 1. The van der Waals surface area contributed by atoms with Gasteiger partial charge in [-0.1, -0.05) is 19.4 Å². The van der Waals surface area contributed by atoms with Crippen LogP contribution in [0, 0.1) is 28.6 Å². The number of hydrogen-bond acceptors (Lipinski definition) is 4. The van der Waals surface area contributed by atoms with Gasteiger partial charge < -0.3 is 9.84 Å². The second-order valence-electron chi connectivity index (χ2n) is 9.97. The molecule has 4 nitrogen and oxygen atoms in total. The van der Waals surface area contributed by atoms with Crippen molar-refractivity contribution in [2.45, 2.75) is 84.3 Å². The van der Waals surface area contributed by atoms with Crippen LogP contribution in [0.1, 0.15) is 72.6 Å². The van der Waals surface area contributed by atoms with Gasteiger partial charge in [0, 0.05) is 24.7 Å². The first kappa shape index (κ1) is 18.2. The lowest BCUT2D eigenvalue weighted by atomic mass is 9.45.